The summed E-state index contributed by atoms with van der Waals surface area (Å²) in [5.41, 5.74) is 1.60. The second-order valence-electron chi connectivity index (χ2n) is 16.9. The Balaban J connectivity index is 2.01. The molecular formula is C44H72O13. The highest BCUT2D eigenvalue weighted by molar-refractivity contribution is 5.87. The van der Waals surface area contributed by atoms with Crippen molar-refractivity contribution in [3.05, 3.63) is 59.4 Å². The molecule has 3 heterocycles. The van der Waals surface area contributed by atoms with Gasteiger partial charge < -0.3 is 59.1 Å². The summed E-state index contributed by atoms with van der Waals surface area (Å²) in [5, 5.41) is 67.3. The molecule has 0 radical (unpaired) electrons. The number of carbonyl (C=O) groups excluding carboxylic acids is 1. The molecule has 6 N–H and O–H groups in total. The smallest absolute Gasteiger partial charge is 0.373 e. The number of rotatable bonds is 9. The molecule has 0 aromatic rings. The highest BCUT2D eigenvalue weighted by atomic mass is 16.7. The van der Waals surface area contributed by atoms with Gasteiger partial charge in [0.1, 0.15) is 18.3 Å². The van der Waals surface area contributed by atoms with Gasteiger partial charge in [-0.2, -0.15) is 0 Å². The third-order valence-corrected chi connectivity index (χ3v) is 12.3. The van der Waals surface area contributed by atoms with E-state index in [1.54, 1.807) is 39.8 Å². The monoisotopic (exact) mass is 808 g/mol. The summed E-state index contributed by atoms with van der Waals surface area (Å²) in [5.74, 6) is -5.84. The van der Waals surface area contributed by atoms with Gasteiger partial charge in [0.2, 0.25) is 5.76 Å². The normalized spacial score (nSPS) is 41.2. The third-order valence-electron chi connectivity index (χ3n) is 12.3. The van der Waals surface area contributed by atoms with Gasteiger partial charge in [-0.25, -0.2) is 4.79 Å². The van der Waals surface area contributed by atoms with E-state index in [1.165, 1.54) is 20.3 Å². The van der Waals surface area contributed by atoms with Crippen LogP contribution in [-0.4, -0.2) is 124 Å². The van der Waals surface area contributed by atoms with E-state index in [0.717, 1.165) is 5.57 Å². The van der Waals surface area contributed by atoms with Crippen molar-refractivity contribution in [3.63, 3.8) is 0 Å². The predicted molar refractivity (Wildman–Crippen MR) is 215 cm³/mol. The Hall–Kier alpha value is -2.43. The van der Waals surface area contributed by atoms with Crippen LogP contribution in [0.15, 0.2) is 59.4 Å². The van der Waals surface area contributed by atoms with Crippen LogP contribution in [0.1, 0.15) is 88.5 Å². The number of allylic oxidation sites excluding steroid dienone is 6. The summed E-state index contributed by atoms with van der Waals surface area (Å²) in [6.45, 7) is 18.1. The Bertz CT molecular complexity index is 1430. The van der Waals surface area contributed by atoms with Crippen molar-refractivity contribution in [2.24, 2.45) is 35.5 Å². The van der Waals surface area contributed by atoms with Gasteiger partial charge in [0, 0.05) is 49.5 Å². The molecule has 2 saturated heterocycles. The van der Waals surface area contributed by atoms with Crippen molar-refractivity contribution < 1.29 is 63.9 Å². The van der Waals surface area contributed by atoms with Crippen LogP contribution >= 0.6 is 0 Å². The molecule has 0 amide bonds. The fourth-order valence-corrected chi connectivity index (χ4v) is 8.34. The van der Waals surface area contributed by atoms with Crippen molar-refractivity contribution in [2.45, 2.75) is 162 Å². The highest BCUT2D eigenvalue weighted by Gasteiger charge is 2.52. The standard InChI is InChI=1S/C44H72O13/c1-13-15-33-27(6)36(55-37-21-32(45)41(49)31(10)54-37)22-44(51,57-33)30(9)40(48)29(8)42-34(52-11)17-14-16-23(2)18-25(4)38(46)28(7)39(47)26(5)19-24(3)20-35(53-12)43(50)56-42/h13-17,19-20,25-34,36-42,45-49,51H,18,21-22H2,1-12H3. The number of carbonyl (C=O) groups is 1. The molecule has 0 aliphatic carbocycles. The van der Waals surface area contributed by atoms with Gasteiger partial charge in [0.25, 0.3) is 0 Å². The molecule has 0 bridgehead atoms. The maximum Gasteiger partial charge on any atom is 0.373 e. The molecule has 57 heavy (non-hydrogen) atoms. The van der Waals surface area contributed by atoms with E-state index in [1.807, 2.05) is 65.8 Å². The maximum atomic E-state index is 13.9. The molecule has 0 aromatic heterocycles. The fourth-order valence-electron chi connectivity index (χ4n) is 8.34. The lowest BCUT2D eigenvalue weighted by Gasteiger charge is -2.49. The van der Waals surface area contributed by atoms with Gasteiger partial charge >= 0.3 is 5.97 Å². The van der Waals surface area contributed by atoms with Gasteiger partial charge in [-0.15, -0.1) is 0 Å². The number of aliphatic hydroxyl groups is 6. The van der Waals surface area contributed by atoms with Crippen LogP contribution in [0, 0.1) is 35.5 Å². The van der Waals surface area contributed by atoms with E-state index in [-0.39, 0.29) is 36.4 Å². The summed E-state index contributed by atoms with van der Waals surface area (Å²) in [4.78, 5) is 13.9. The van der Waals surface area contributed by atoms with Crippen LogP contribution in [0.4, 0.5) is 0 Å². The van der Waals surface area contributed by atoms with E-state index in [9.17, 15) is 35.4 Å². The van der Waals surface area contributed by atoms with Crippen LogP contribution in [0.5, 0.6) is 0 Å². The van der Waals surface area contributed by atoms with Gasteiger partial charge in [-0.1, -0.05) is 89.1 Å². The molecule has 326 valence electrons. The lowest BCUT2D eigenvalue weighted by molar-refractivity contribution is -0.339. The second-order valence-corrected chi connectivity index (χ2v) is 16.9. The largest absolute Gasteiger partial charge is 0.490 e. The van der Waals surface area contributed by atoms with Gasteiger partial charge in [-0.3, -0.25) is 0 Å². The minimum atomic E-state index is -1.93. The number of ether oxygens (including phenoxy) is 6. The zero-order valence-electron chi connectivity index (χ0n) is 36.0. The van der Waals surface area contributed by atoms with E-state index in [0.29, 0.717) is 12.0 Å². The Morgan fingerprint density at radius 2 is 1.65 bits per heavy atom. The molecule has 3 aliphatic heterocycles. The summed E-state index contributed by atoms with van der Waals surface area (Å²) < 4.78 is 36.1. The van der Waals surface area contributed by atoms with Crippen molar-refractivity contribution in [2.75, 3.05) is 14.2 Å². The highest BCUT2D eigenvalue weighted by Crippen LogP contribution is 2.42. The second kappa shape index (κ2) is 21.7. The van der Waals surface area contributed by atoms with Crippen molar-refractivity contribution >= 4 is 5.97 Å². The van der Waals surface area contributed by atoms with Crippen LogP contribution in [-0.2, 0) is 33.2 Å². The Morgan fingerprint density at radius 3 is 2.25 bits per heavy atom. The summed E-state index contributed by atoms with van der Waals surface area (Å²) in [6, 6.07) is 0. The van der Waals surface area contributed by atoms with Gasteiger partial charge in [-0.05, 0) is 46.1 Å². The molecule has 0 saturated carbocycles. The molecule has 18 unspecified atom stereocenters. The quantitative estimate of drug-likeness (QED) is 0.141. The number of esters is 1. The van der Waals surface area contributed by atoms with Crippen molar-refractivity contribution in [1.82, 2.24) is 0 Å². The molecule has 2 fully saturated rings. The molecule has 13 heteroatoms. The molecule has 0 spiro atoms. The average molecular weight is 809 g/mol. The number of hydrogen-bond donors (Lipinski definition) is 6. The van der Waals surface area contributed by atoms with Crippen LogP contribution in [0.3, 0.4) is 0 Å². The van der Waals surface area contributed by atoms with Crippen LogP contribution in [0.25, 0.3) is 0 Å². The first-order valence-corrected chi connectivity index (χ1v) is 20.4. The van der Waals surface area contributed by atoms with Crippen LogP contribution < -0.4 is 0 Å². The molecule has 0 aromatic carbocycles. The maximum absolute atomic E-state index is 13.9. The van der Waals surface area contributed by atoms with E-state index in [2.05, 4.69) is 0 Å². The predicted octanol–water partition coefficient (Wildman–Crippen LogP) is 4.49. The fraction of sp³-hybridized carbons (Fsp3) is 0.750. The lowest BCUT2D eigenvalue weighted by Crippen LogP contribution is -2.59. The van der Waals surface area contributed by atoms with E-state index >= 15 is 0 Å². The summed E-state index contributed by atoms with van der Waals surface area (Å²) in [6.07, 6.45) is 3.15. The summed E-state index contributed by atoms with van der Waals surface area (Å²) in [7, 11) is 2.82. The molecule has 3 aliphatic rings. The molecular weight excluding hydrogens is 736 g/mol. The van der Waals surface area contributed by atoms with Gasteiger partial charge in [0.15, 0.2) is 12.1 Å². The Kier molecular flexibility index (Phi) is 18.6. The lowest BCUT2D eigenvalue weighted by atomic mass is 9.77. The first kappa shape index (κ1) is 48.9. The average Bonchev–Trinajstić information content (AvgIpc) is 3.16. The molecule has 18 atom stereocenters. The SMILES string of the molecule is CC=CC1OC(O)(C(C)C(O)C(C)C2OC(=O)C(OC)=CC(C)=CC(C)C(O)C(C)C(O)C(C)CC(C)=CC=CC2OC)CC(OC2CC(O)C(O)C(C)O2)C1C. The third kappa shape index (κ3) is 12.5. The molecule has 3 rings (SSSR count). The first-order chi connectivity index (χ1) is 26.7. The Labute approximate surface area is 340 Å². The topological polar surface area (TPSA) is 194 Å². The van der Waals surface area contributed by atoms with Crippen molar-refractivity contribution in [1.29, 1.82) is 0 Å². The zero-order chi connectivity index (χ0) is 42.9. The molecule has 13 nitrogen and oxygen atoms in total. The Morgan fingerprint density at radius 1 is 0.982 bits per heavy atom. The minimum absolute atomic E-state index is 0.0413. The number of aliphatic hydroxyl groups excluding tert-OH is 5. The first-order valence-electron chi connectivity index (χ1n) is 20.4. The van der Waals surface area contributed by atoms with Gasteiger partial charge in [0.05, 0.1) is 49.8 Å². The zero-order valence-corrected chi connectivity index (χ0v) is 36.0. The van der Waals surface area contributed by atoms with Crippen LogP contribution in [0.2, 0.25) is 0 Å². The minimum Gasteiger partial charge on any atom is -0.490 e. The van der Waals surface area contributed by atoms with E-state index in [4.69, 9.17) is 28.4 Å². The number of cyclic esters (lactones) is 1. The summed E-state index contributed by atoms with van der Waals surface area (Å²) >= 11 is 0. The number of hydrogen-bond acceptors (Lipinski definition) is 13. The van der Waals surface area contributed by atoms with E-state index < -0.39 is 96.8 Å². The van der Waals surface area contributed by atoms with Crippen molar-refractivity contribution in [3.8, 4) is 0 Å². The number of methoxy groups -OCH3 is 2.